The first-order valence-corrected chi connectivity index (χ1v) is 4.58. The molecule has 0 radical (unpaired) electrons. The van der Waals surface area contributed by atoms with E-state index in [1.54, 1.807) is 0 Å². The minimum absolute atomic E-state index is 0.0275. The maximum Gasteiger partial charge on any atom is 0.309 e. The topological polar surface area (TPSA) is 57.5 Å². The summed E-state index contributed by atoms with van der Waals surface area (Å²) in [5.41, 5.74) is -0.407. The number of carboxylic acid groups (broad SMARTS) is 1. The number of aliphatic hydroxyl groups is 1. The summed E-state index contributed by atoms with van der Waals surface area (Å²) < 4.78 is 0. The zero-order valence-corrected chi connectivity index (χ0v) is 9.03. The monoisotopic (exact) mass is 188 g/mol. The molecule has 0 aliphatic heterocycles. The van der Waals surface area contributed by atoms with E-state index >= 15 is 0 Å². The Kier molecular flexibility index (Phi) is 3.91. The van der Waals surface area contributed by atoms with Crippen LogP contribution in [0.25, 0.3) is 0 Å². The average Bonchev–Trinajstić information content (AvgIpc) is 1.82. The van der Waals surface area contributed by atoms with E-state index in [9.17, 15) is 9.90 Å². The van der Waals surface area contributed by atoms with E-state index in [4.69, 9.17) is 5.11 Å². The lowest BCUT2D eigenvalue weighted by Crippen LogP contribution is -2.41. The van der Waals surface area contributed by atoms with E-state index in [1.807, 2.05) is 34.6 Å². The third kappa shape index (κ3) is 3.35. The zero-order chi connectivity index (χ0) is 10.8. The van der Waals surface area contributed by atoms with Crippen molar-refractivity contribution in [2.24, 2.45) is 17.3 Å². The van der Waals surface area contributed by atoms with Gasteiger partial charge in [-0.1, -0.05) is 34.6 Å². The first-order valence-electron chi connectivity index (χ1n) is 4.58. The predicted octanol–water partition coefficient (Wildman–Crippen LogP) is 1.75. The van der Waals surface area contributed by atoms with Gasteiger partial charge in [0, 0.05) is 0 Å². The van der Waals surface area contributed by atoms with Crippen molar-refractivity contribution < 1.29 is 15.0 Å². The Labute approximate surface area is 79.8 Å². The molecule has 0 unspecified atom stereocenters. The van der Waals surface area contributed by atoms with Crippen LogP contribution in [0.4, 0.5) is 0 Å². The van der Waals surface area contributed by atoms with Crippen molar-refractivity contribution in [3.05, 3.63) is 0 Å². The average molecular weight is 188 g/mol. The summed E-state index contributed by atoms with van der Waals surface area (Å²) >= 11 is 0. The van der Waals surface area contributed by atoms with E-state index in [-0.39, 0.29) is 5.92 Å². The SMILES string of the molecule is CC(C)[C@@H](O)[C@H](C(=O)O)C(C)(C)C. The third-order valence-corrected chi connectivity index (χ3v) is 2.22. The molecule has 0 aliphatic carbocycles. The summed E-state index contributed by atoms with van der Waals surface area (Å²) in [5, 5.41) is 18.7. The normalized spacial score (nSPS) is 17.2. The molecule has 0 fully saturated rings. The molecule has 0 aliphatic rings. The zero-order valence-electron chi connectivity index (χ0n) is 9.03. The van der Waals surface area contributed by atoms with Crippen molar-refractivity contribution in [1.29, 1.82) is 0 Å². The fraction of sp³-hybridized carbons (Fsp3) is 0.900. The van der Waals surface area contributed by atoms with Gasteiger partial charge in [-0.2, -0.15) is 0 Å². The quantitative estimate of drug-likeness (QED) is 0.709. The molecule has 0 amide bonds. The summed E-state index contributed by atoms with van der Waals surface area (Å²) in [5.74, 6) is -1.65. The summed E-state index contributed by atoms with van der Waals surface area (Å²) in [6, 6.07) is 0. The lowest BCUT2D eigenvalue weighted by molar-refractivity contribution is -0.152. The number of aliphatic hydroxyl groups excluding tert-OH is 1. The summed E-state index contributed by atoms with van der Waals surface area (Å²) in [6.45, 7) is 9.14. The Morgan fingerprint density at radius 3 is 1.69 bits per heavy atom. The Morgan fingerprint density at radius 2 is 1.62 bits per heavy atom. The van der Waals surface area contributed by atoms with Crippen LogP contribution in [-0.2, 0) is 4.79 Å². The maximum atomic E-state index is 10.9. The van der Waals surface area contributed by atoms with Gasteiger partial charge in [-0.15, -0.1) is 0 Å². The van der Waals surface area contributed by atoms with Gasteiger partial charge in [-0.3, -0.25) is 4.79 Å². The van der Waals surface area contributed by atoms with Gasteiger partial charge in [0.25, 0.3) is 0 Å². The van der Waals surface area contributed by atoms with E-state index in [0.29, 0.717) is 0 Å². The lowest BCUT2D eigenvalue weighted by atomic mass is 9.74. The van der Waals surface area contributed by atoms with Crippen molar-refractivity contribution in [2.45, 2.75) is 40.7 Å². The second kappa shape index (κ2) is 4.09. The minimum atomic E-state index is -0.923. The highest BCUT2D eigenvalue weighted by Crippen LogP contribution is 2.31. The number of carboxylic acids is 1. The van der Waals surface area contributed by atoms with Crippen molar-refractivity contribution in [2.75, 3.05) is 0 Å². The standard InChI is InChI=1S/C10H20O3/c1-6(2)8(11)7(9(12)13)10(3,4)5/h6-8,11H,1-5H3,(H,12,13)/t7-,8-/m1/s1. The molecule has 3 nitrogen and oxygen atoms in total. The number of carbonyl (C=O) groups is 1. The molecule has 0 bridgehead atoms. The second-order valence-corrected chi connectivity index (χ2v) is 4.92. The number of rotatable bonds is 3. The predicted molar refractivity (Wildman–Crippen MR) is 51.4 cm³/mol. The molecule has 0 aromatic rings. The van der Waals surface area contributed by atoms with Crippen molar-refractivity contribution in [3.8, 4) is 0 Å². The van der Waals surface area contributed by atoms with Crippen LogP contribution in [0.1, 0.15) is 34.6 Å². The molecular formula is C10H20O3. The molecule has 3 heteroatoms. The van der Waals surface area contributed by atoms with Gasteiger partial charge in [-0.25, -0.2) is 0 Å². The fourth-order valence-electron chi connectivity index (χ4n) is 1.41. The molecule has 2 atom stereocenters. The van der Waals surface area contributed by atoms with Crippen LogP contribution >= 0.6 is 0 Å². The van der Waals surface area contributed by atoms with Gasteiger partial charge in [0.2, 0.25) is 0 Å². The van der Waals surface area contributed by atoms with Crippen LogP contribution in [0.5, 0.6) is 0 Å². The summed E-state index contributed by atoms with van der Waals surface area (Å²) in [6.07, 6.45) is -0.780. The molecule has 0 aromatic heterocycles. The highest BCUT2D eigenvalue weighted by Gasteiger charge is 2.38. The Hall–Kier alpha value is -0.570. The number of aliphatic carboxylic acids is 1. The lowest BCUT2D eigenvalue weighted by Gasteiger charge is -2.32. The highest BCUT2D eigenvalue weighted by molar-refractivity contribution is 5.71. The maximum absolute atomic E-state index is 10.9. The largest absolute Gasteiger partial charge is 0.481 e. The van der Waals surface area contributed by atoms with Gasteiger partial charge in [-0.05, 0) is 11.3 Å². The van der Waals surface area contributed by atoms with Gasteiger partial charge in [0.05, 0.1) is 12.0 Å². The van der Waals surface area contributed by atoms with E-state index in [1.165, 1.54) is 0 Å². The van der Waals surface area contributed by atoms with Gasteiger partial charge < -0.3 is 10.2 Å². The smallest absolute Gasteiger partial charge is 0.309 e. The fourth-order valence-corrected chi connectivity index (χ4v) is 1.41. The molecule has 0 rings (SSSR count). The Balaban J connectivity index is 4.72. The van der Waals surface area contributed by atoms with Crippen LogP contribution in [0.3, 0.4) is 0 Å². The van der Waals surface area contributed by atoms with E-state index in [2.05, 4.69) is 0 Å². The van der Waals surface area contributed by atoms with Crippen LogP contribution in [0, 0.1) is 17.3 Å². The van der Waals surface area contributed by atoms with Crippen molar-refractivity contribution in [3.63, 3.8) is 0 Å². The first-order chi connectivity index (χ1) is 5.68. The van der Waals surface area contributed by atoms with Gasteiger partial charge in [0.1, 0.15) is 0 Å². The molecule has 0 aromatic carbocycles. The molecule has 0 heterocycles. The molecular weight excluding hydrogens is 168 g/mol. The molecule has 0 spiro atoms. The molecule has 2 N–H and O–H groups in total. The molecule has 0 saturated heterocycles. The first kappa shape index (κ1) is 12.4. The second-order valence-electron chi connectivity index (χ2n) is 4.92. The Morgan fingerprint density at radius 1 is 1.23 bits per heavy atom. The number of hydrogen-bond donors (Lipinski definition) is 2. The van der Waals surface area contributed by atoms with E-state index in [0.717, 1.165) is 0 Å². The van der Waals surface area contributed by atoms with Crippen molar-refractivity contribution in [1.82, 2.24) is 0 Å². The third-order valence-electron chi connectivity index (χ3n) is 2.22. The van der Waals surface area contributed by atoms with Crippen LogP contribution in [0.15, 0.2) is 0 Å². The van der Waals surface area contributed by atoms with Gasteiger partial charge >= 0.3 is 5.97 Å². The van der Waals surface area contributed by atoms with E-state index < -0.39 is 23.4 Å². The summed E-state index contributed by atoms with van der Waals surface area (Å²) in [4.78, 5) is 10.9. The Bertz CT molecular complexity index is 179. The summed E-state index contributed by atoms with van der Waals surface area (Å²) in [7, 11) is 0. The van der Waals surface area contributed by atoms with Crippen LogP contribution in [-0.4, -0.2) is 22.3 Å². The molecule has 78 valence electrons. The highest BCUT2D eigenvalue weighted by atomic mass is 16.4. The molecule has 0 saturated carbocycles. The van der Waals surface area contributed by atoms with Gasteiger partial charge in [0.15, 0.2) is 0 Å². The van der Waals surface area contributed by atoms with Crippen LogP contribution < -0.4 is 0 Å². The minimum Gasteiger partial charge on any atom is -0.481 e. The number of hydrogen-bond acceptors (Lipinski definition) is 2. The van der Waals surface area contributed by atoms with Crippen LogP contribution in [0.2, 0.25) is 0 Å². The van der Waals surface area contributed by atoms with Crippen molar-refractivity contribution >= 4 is 5.97 Å². The molecule has 13 heavy (non-hydrogen) atoms.